The van der Waals surface area contributed by atoms with Crippen LogP contribution in [0.4, 0.5) is 0 Å². The van der Waals surface area contributed by atoms with Crippen LogP contribution in [0.15, 0.2) is 11.1 Å². The minimum Gasteiger partial charge on any atom is -0.389 e. The molecule has 0 amide bonds. The van der Waals surface area contributed by atoms with E-state index >= 15 is 0 Å². The van der Waals surface area contributed by atoms with E-state index in [1.165, 1.54) is 5.57 Å². The molecule has 0 aromatic heterocycles. The third kappa shape index (κ3) is 1.01. The summed E-state index contributed by atoms with van der Waals surface area (Å²) < 4.78 is 0. The van der Waals surface area contributed by atoms with Crippen LogP contribution < -0.4 is 0 Å². The van der Waals surface area contributed by atoms with Gasteiger partial charge in [0.05, 0.1) is 5.60 Å². The highest BCUT2D eigenvalue weighted by Crippen LogP contribution is 2.59. The first-order valence-electron chi connectivity index (χ1n) is 6.00. The summed E-state index contributed by atoms with van der Waals surface area (Å²) >= 11 is 0. The number of ketones is 1. The third-order valence-corrected chi connectivity index (χ3v) is 5.02. The maximum Gasteiger partial charge on any atom is 0.159 e. The van der Waals surface area contributed by atoms with E-state index in [9.17, 15) is 9.90 Å². The highest BCUT2D eigenvalue weighted by Gasteiger charge is 2.58. The first-order valence-corrected chi connectivity index (χ1v) is 6.00. The SMILES string of the molecule is CC1=C2[C@@H](CC1=O)C[C@]1(O)C(C)CC[C@H]21. The van der Waals surface area contributed by atoms with Crippen molar-refractivity contribution in [3.05, 3.63) is 11.1 Å². The lowest BCUT2D eigenvalue weighted by Crippen LogP contribution is -2.35. The second-order valence-electron chi connectivity index (χ2n) is 5.63. The van der Waals surface area contributed by atoms with Gasteiger partial charge in [-0.15, -0.1) is 0 Å². The molecule has 2 nitrogen and oxygen atoms in total. The first-order chi connectivity index (χ1) is 7.04. The lowest BCUT2D eigenvalue weighted by atomic mass is 9.85. The van der Waals surface area contributed by atoms with Gasteiger partial charge in [-0.2, -0.15) is 0 Å². The van der Waals surface area contributed by atoms with Crippen molar-refractivity contribution in [2.24, 2.45) is 17.8 Å². The van der Waals surface area contributed by atoms with Gasteiger partial charge in [0.15, 0.2) is 5.78 Å². The van der Waals surface area contributed by atoms with Gasteiger partial charge in [0.1, 0.15) is 0 Å². The lowest BCUT2D eigenvalue weighted by Gasteiger charge is -2.28. The maximum absolute atomic E-state index is 11.6. The summed E-state index contributed by atoms with van der Waals surface area (Å²) in [5.74, 6) is 1.39. The van der Waals surface area contributed by atoms with Crippen molar-refractivity contribution in [3.63, 3.8) is 0 Å². The summed E-state index contributed by atoms with van der Waals surface area (Å²) in [6.45, 7) is 4.10. The van der Waals surface area contributed by atoms with E-state index in [1.54, 1.807) is 0 Å². The molecule has 2 saturated carbocycles. The zero-order chi connectivity index (χ0) is 10.8. The smallest absolute Gasteiger partial charge is 0.159 e. The highest BCUT2D eigenvalue weighted by atomic mass is 16.3. The Morgan fingerprint density at radius 3 is 2.87 bits per heavy atom. The predicted molar refractivity (Wildman–Crippen MR) is 57.3 cm³/mol. The van der Waals surface area contributed by atoms with Crippen LogP contribution in [0.3, 0.4) is 0 Å². The Labute approximate surface area is 90.4 Å². The van der Waals surface area contributed by atoms with Crippen LogP contribution in [-0.2, 0) is 4.79 Å². The van der Waals surface area contributed by atoms with E-state index in [1.807, 2.05) is 6.92 Å². The first kappa shape index (κ1) is 9.59. The van der Waals surface area contributed by atoms with Crippen molar-refractivity contribution in [2.45, 2.75) is 45.1 Å². The van der Waals surface area contributed by atoms with Crippen molar-refractivity contribution < 1.29 is 9.90 Å². The molecule has 0 heterocycles. The molecule has 4 atom stereocenters. The van der Waals surface area contributed by atoms with Gasteiger partial charge in [-0.3, -0.25) is 4.79 Å². The zero-order valence-corrected chi connectivity index (χ0v) is 9.42. The molecule has 0 saturated heterocycles. The number of rotatable bonds is 0. The monoisotopic (exact) mass is 206 g/mol. The summed E-state index contributed by atoms with van der Waals surface area (Å²) in [5, 5.41) is 10.7. The minimum absolute atomic E-state index is 0.295. The Kier molecular flexibility index (Phi) is 1.75. The molecular formula is C13H18O2. The molecule has 82 valence electrons. The topological polar surface area (TPSA) is 37.3 Å². The van der Waals surface area contributed by atoms with Gasteiger partial charge in [0.25, 0.3) is 0 Å². The molecule has 3 aliphatic rings. The maximum atomic E-state index is 11.6. The van der Waals surface area contributed by atoms with Gasteiger partial charge in [-0.25, -0.2) is 0 Å². The van der Waals surface area contributed by atoms with E-state index in [0.717, 1.165) is 24.8 Å². The fourth-order valence-electron chi connectivity index (χ4n) is 4.10. The number of aliphatic hydroxyl groups is 1. The fourth-order valence-corrected chi connectivity index (χ4v) is 4.10. The zero-order valence-electron chi connectivity index (χ0n) is 9.42. The van der Waals surface area contributed by atoms with E-state index in [-0.39, 0.29) is 0 Å². The van der Waals surface area contributed by atoms with Crippen LogP contribution >= 0.6 is 0 Å². The Hall–Kier alpha value is -0.630. The number of Topliss-reactive ketones (excluding diaryl/α,β-unsaturated/α-hetero) is 1. The summed E-state index contributed by atoms with van der Waals surface area (Å²) in [6, 6.07) is 0. The summed E-state index contributed by atoms with van der Waals surface area (Å²) in [6.07, 6.45) is 3.68. The van der Waals surface area contributed by atoms with Crippen LogP contribution in [0.1, 0.15) is 39.5 Å². The summed E-state index contributed by atoms with van der Waals surface area (Å²) in [7, 11) is 0. The van der Waals surface area contributed by atoms with Crippen molar-refractivity contribution in [1.29, 1.82) is 0 Å². The molecular weight excluding hydrogens is 188 g/mol. The van der Waals surface area contributed by atoms with Crippen molar-refractivity contribution in [2.75, 3.05) is 0 Å². The van der Waals surface area contributed by atoms with Crippen LogP contribution in [0.25, 0.3) is 0 Å². The number of hydrogen-bond donors (Lipinski definition) is 1. The fraction of sp³-hybridized carbons (Fsp3) is 0.769. The standard InChI is InChI=1S/C13H18O2/c1-7-3-4-10-12-8(2)11(14)5-9(12)6-13(7,10)15/h7,9-10,15H,3-6H2,1-2H3/t7?,9-,10+,13-/m0/s1. The normalized spacial score (nSPS) is 48.7. The van der Waals surface area contributed by atoms with Gasteiger partial charge < -0.3 is 5.11 Å². The Morgan fingerprint density at radius 2 is 2.13 bits per heavy atom. The molecule has 0 bridgehead atoms. The Balaban J connectivity index is 2.07. The quantitative estimate of drug-likeness (QED) is 0.659. The molecule has 3 aliphatic carbocycles. The molecule has 1 unspecified atom stereocenters. The van der Waals surface area contributed by atoms with Crippen LogP contribution in [0, 0.1) is 17.8 Å². The summed E-state index contributed by atoms with van der Waals surface area (Å²) in [5.41, 5.74) is 1.80. The molecule has 15 heavy (non-hydrogen) atoms. The van der Waals surface area contributed by atoms with E-state index in [0.29, 0.717) is 30.0 Å². The molecule has 3 rings (SSSR count). The lowest BCUT2D eigenvalue weighted by molar-refractivity contribution is -0.115. The van der Waals surface area contributed by atoms with E-state index in [2.05, 4.69) is 6.92 Å². The van der Waals surface area contributed by atoms with Gasteiger partial charge in [-0.05, 0) is 43.6 Å². The van der Waals surface area contributed by atoms with Crippen LogP contribution in [0.5, 0.6) is 0 Å². The summed E-state index contributed by atoms with van der Waals surface area (Å²) in [4.78, 5) is 11.6. The Bertz CT molecular complexity index is 369. The largest absolute Gasteiger partial charge is 0.389 e. The van der Waals surface area contributed by atoms with Crippen molar-refractivity contribution in [3.8, 4) is 0 Å². The molecule has 2 heteroatoms. The number of allylic oxidation sites excluding steroid dienone is 1. The molecule has 0 aromatic rings. The van der Waals surface area contributed by atoms with E-state index in [4.69, 9.17) is 0 Å². The average molecular weight is 206 g/mol. The number of carbonyl (C=O) groups excluding carboxylic acids is 1. The van der Waals surface area contributed by atoms with Gasteiger partial charge in [-0.1, -0.05) is 12.5 Å². The van der Waals surface area contributed by atoms with Gasteiger partial charge in [0.2, 0.25) is 0 Å². The van der Waals surface area contributed by atoms with Crippen molar-refractivity contribution in [1.82, 2.24) is 0 Å². The molecule has 0 aliphatic heterocycles. The third-order valence-electron chi connectivity index (χ3n) is 5.02. The predicted octanol–water partition coefficient (Wildman–Crippen LogP) is 2.07. The van der Waals surface area contributed by atoms with Crippen molar-refractivity contribution >= 4 is 5.78 Å². The molecule has 0 aromatic carbocycles. The molecule has 0 spiro atoms. The second kappa shape index (κ2) is 2.73. The molecule has 1 N–H and O–H groups in total. The van der Waals surface area contributed by atoms with Crippen LogP contribution in [0.2, 0.25) is 0 Å². The Morgan fingerprint density at radius 1 is 1.40 bits per heavy atom. The molecule has 0 radical (unpaired) electrons. The number of hydrogen-bond acceptors (Lipinski definition) is 2. The highest BCUT2D eigenvalue weighted by molar-refractivity contribution is 5.99. The van der Waals surface area contributed by atoms with Gasteiger partial charge >= 0.3 is 0 Å². The van der Waals surface area contributed by atoms with Gasteiger partial charge in [0, 0.05) is 12.3 Å². The molecule has 2 fully saturated rings. The number of carbonyl (C=O) groups is 1. The average Bonchev–Trinajstić information content (AvgIpc) is 2.69. The second-order valence-corrected chi connectivity index (χ2v) is 5.63. The van der Waals surface area contributed by atoms with Crippen LogP contribution in [-0.4, -0.2) is 16.5 Å². The number of fused-ring (bicyclic) bond motifs is 3. The van der Waals surface area contributed by atoms with E-state index < -0.39 is 5.60 Å². The minimum atomic E-state index is -0.484.